The van der Waals surface area contributed by atoms with Crippen LogP contribution in [0, 0.1) is 17.8 Å². The number of fused-ring (bicyclic) bond motifs is 2. The van der Waals surface area contributed by atoms with Crippen LogP contribution in [-0.2, 0) is 17.3 Å². The Morgan fingerprint density at radius 2 is 1.87 bits per heavy atom. The molecule has 176 valence electrons. The first-order chi connectivity index (χ1) is 14.5. The minimum atomic E-state index is -1.80. The van der Waals surface area contributed by atoms with E-state index in [-0.39, 0.29) is 11.1 Å². The number of unbranched alkanes of at least 4 members (excludes halogenated alkanes) is 2. The molecule has 3 nitrogen and oxygen atoms in total. The molecule has 0 heterocycles. The quantitative estimate of drug-likeness (QED) is 0.322. The van der Waals surface area contributed by atoms with Crippen LogP contribution >= 0.6 is 0 Å². The number of hydrogen-bond donors (Lipinski definition) is 2. The number of phenols is 1. The van der Waals surface area contributed by atoms with Gasteiger partial charge in [-0.15, -0.1) is 0 Å². The van der Waals surface area contributed by atoms with Gasteiger partial charge in [0.25, 0.3) is 0 Å². The van der Waals surface area contributed by atoms with Crippen LogP contribution in [-0.4, -0.2) is 30.7 Å². The molecule has 0 bridgehead atoms. The summed E-state index contributed by atoms with van der Waals surface area (Å²) in [5.41, 5.74) is 2.41. The third kappa shape index (κ3) is 5.75. The molecule has 1 aromatic rings. The highest BCUT2D eigenvalue weighted by atomic mass is 28.4. The van der Waals surface area contributed by atoms with Gasteiger partial charge in [-0.1, -0.05) is 59.1 Å². The average Bonchev–Trinajstić information content (AvgIpc) is 2.98. The highest BCUT2D eigenvalue weighted by Gasteiger charge is 2.45. The first-order valence-electron chi connectivity index (χ1n) is 12.7. The number of hydrogen-bond acceptors (Lipinski definition) is 3. The molecule has 0 aromatic heterocycles. The van der Waals surface area contributed by atoms with Gasteiger partial charge in [0.1, 0.15) is 5.75 Å². The van der Waals surface area contributed by atoms with Crippen molar-refractivity contribution < 1.29 is 14.6 Å². The Labute approximate surface area is 191 Å². The maximum Gasteiger partial charge on any atom is 0.192 e. The fourth-order valence-corrected chi connectivity index (χ4v) is 7.10. The Kier molecular flexibility index (Phi) is 7.97. The van der Waals surface area contributed by atoms with E-state index in [1.165, 1.54) is 24.8 Å². The zero-order valence-electron chi connectivity index (χ0n) is 20.8. The second-order valence-corrected chi connectivity index (χ2v) is 16.5. The van der Waals surface area contributed by atoms with Gasteiger partial charge in [-0.3, -0.25) is 0 Å². The van der Waals surface area contributed by atoms with Crippen LogP contribution in [0.5, 0.6) is 5.75 Å². The SMILES string of the molecule is CCCCC[C@@H](CC[C@@H]1[C@H]2Cc3cccc(O)c3C[C@H]2C[C@H]1O)O[Si](C)(C)C(C)(C)C. The summed E-state index contributed by atoms with van der Waals surface area (Å²) in [7, 11) is -1.80. The molecule has 0 unspecified atom stereocenters. The molecule has 0 amide bonds. The van der Waals surface area contributed by atoms with Crippen molar-refractivity contribution in [3.8, 4) is 5.75 Å². The number of benzene rings is 1. The van der Waals surface area contributed by atoms with Crippen molar-refractivity contribution in [1.29, 1.82) is 0 Å². The van der Waals surface area contributed by atoms with E-state index in [0.29, 0.717) is 29.6 Å². The van der Waals surface area contributed by atoms with Gasteiger partial charge in [-0.25, -0.2) is 0 Å². The zero-order chi connectivity index (χ0) is 22.8. The van der Waals surface area contributed by atoms with Gasteiger partial charge in [-0.2, -0.15) is 0 Å². The van der Waals surface area contributed by atoms with E-state index >= 15 is 0 Å². The first-order valence-corrected chi connectivity index (χ1v) is 15.6. The molecule has 5 atom stereocenters. The Morgan fingerprint density at radius 3 is 2.55 bits per heavy atom. The largest absolute Gasteiger partial charge is 0.508 e. The third-order valence-electron chi connectivity index (χ3n) is 8.58. The van der Waals surface area contributed by atoms with Crippen LogP contribution < -0.4 is 0 Å². The Balaban J connectivity index is 1.67. The molecule has 0 spiro atoms. The van der Waals surface area contributed by atoms with Crippen molar-refractivity contribution in [2.45, 2.75) is 116 Å². The van der Waals surface area contributed by atoms with Crippen LogP contribution in [0.2, 0.25) is 18.1 Å². The number of aliphatic hydroxyl groups is 1. The van der Waals surface area contributed by atoms with Crippen molar-refractivity contribution in [3.05, 3.63) is 29.3 Å². The Morgan fingerprint density at radius 1 is 1.13 bits per heavy atom. The number of aromatic hydroxyl groups is 1. The molecule has 2 aliphatic rings. The summed E-state index contributed by atoms with van der Waals surface area (Å²) in [6.45, 7) is 14.0. The van der Waals surface area contributed by atoms with E-state index in [9.17, 15) is 10.2 Å². The van der Waals surface area contributed by atoms with Crippen molar-refractivity contribution in [2.75, 3.05) is 0 Å². The number of rotatable bonds is 9. The fourth-order valence-electron chi connectivity index (χ4n) is 5.67. The second kappa shape index (κ2) is 9.97. The van der Waals surface area contributed by atoms with Crippen molar-refractivity contribution in [3.63, 3.8) is 0 Å². The summed E-state index contributed by atoms with van der Waals surface area (Å²) < 4.78 is 6.88. The van der Waals surface area contributed by atoms with Gasteiger partial charge in [-0.05, 0) is 91.6 Å². The van der Waals surface area contributed by atoms with Gasteiger partial charge >= 0.3 is 0 Å². The molecule has 3 rings (SSSR count). The van der Waals surface area contributed by atoms with Crippen LogP contribution in [0.25, 0.3) is 0 Å². The number of aliphatic hydroxyl groups excluding tert-OH is 1. The van der Waals surface area contributed by atoms with Crippen LogP contribution in [0.3, 0.4) is 0 Å². The summed E-state index contributed by atoms with van der Waals surface area (Å²) in [6.07, 6.45) is 9.92. The summed E-state index contributed by atoms with van der Waals surface area (Å²) in [5.74, 6) is 1.83. The highest BCUT2D eigenvalue weighted by Crippen LogP contribution is 2.48. The molecular formula is C27H46O3Si. The summed E-state index contributed by atoms with van der Waals surface area (Å²) in [5, 5.41) is 21.5. The van der Waals surface area contributed by atoms with E-state index in [0.717, 1.165) is 44.1 Å². The smallest absolute Gasteiger partial charge is 0.192 e. The van der Waals surface area contributed by atoms with Crippen molar-refractivity contribution in [1.82, 2.24) is 0 Å². The lowest BCUT2D eigenvalue weighted by molar-refractivity contribution is 0.0897. The first kappa shape index (κ1) is 24.8. The standard InChI is InChI=1S/C27H46O3Si/c1-7-8-9-12-21(30-31(5,6)27(2,3)4)14-15-22-23-16-19-11-10-13-25(28)24(19)17-20(23)18-26(22)29/h10-11,13,20-23,26,28-29H,7-9,12,14-18H2,1-6H3/t20-,21-,22+,23-,26+/m0/s1. The minimum absolute atomic E-state index is 0.212. The molecule has 2 aliphatic carbocycles. The van der Waals surface area contributed by atoms with Crippen LogP contribution in [0.4, 0.5) is 0 Å². The summed E-state index contributed by atoms with van der Waals surface area (Å²) in [6, 6.07) is 5.94. The molecule has 1 fully saturated rings. The van der Waals surface area contributed by atoms with Gasteiger partial charge in [0.2, 0.25) is 0 Å². The summed E-state index contributed by atoms with van der Waals surface area (Å²) >= 11 is 0. The third-order valence-corrected chi connectivity index (χ3v) is 13.1. The predicted octanol–water partition coefficient (Wildman–Crippen LogP) is 6.85. The van der Waals surface area contributed by atoms with E-state index < -0.39 is 8.32 Å². The predicted molar refractivity (Wildman–Crippen MR) is 132 cm³/mol. The van der Waals surface area contributed by atoms with E-state index in [1.54, 1.807) is 6.07 Å². The second-order valence-electron chi connectivity index (χ2n) is 11.8. The highest BCUT2D eigenvalue weighted by molar-refractivity contribution is 6.74. The number of phenolic OH excluding ortho intramolecular Hbond substituents is 1. The lowest BCUT2D eigenvalue weighted by atomic mass is 9.73. The molecule has 2 N–H and O–H groups in total. The van der Waals surface area contributed by atoms with Crippen molar-refractivity contribution >= 4 is 8.32 Å². The van der Waals surface area contributed by atoms with Gasteiger partial charge in [0, 0.05) is 6.10 Å². The molecular weight excluding hydrogens is 400 g/mol. The lowest BCUT2D eigenvalue weighted by Gasteiger charge is -2.40. The molecule has 1 aromatic carbocycles. The average molecular weight is 447 g/mol. The monoisotopic (exact) mass is 446 g/mol. The minimum Gasteiger partial charge on any atom is -0.508 e. The maximum absolute atomic E-state index is 11.0. The molecule has 0 radical (unpaired) electrons. The van der Waals surface area contributed by atoms with E-state index in [2.05, 4.69) is 46.9 Å². The summed E-state index contributed by atoms with van der Waals surface area (Å²) in [4.78, 5) is 0. The maximum atomic E-state index is 11.0. The Hall–Kier alpha value is -0.843. The van der Waals surface area contributed by atoms with Gasteiger partial charge in [0.15, 0.2) is 8.32 Å². The van der Waals surface area contributed by atoms with Gasteiger partial charge < -0.3 is 14.6 Å². The normalized spacial score (nSPS) is 27.1. The fraction of sp³-hybridized carbons (Fsp3) is 0.778. The molecule has 4 heteroatoms. The Bertz CT molecular complexity index is 724. The zero-order valence-corrected chi connectivity index (χ0v) is 21.8. The van der Waals surface area contributed by atoms with Gasteiger partial charge in [0.05, 0.1) is 6.10 Å². The molecule has 0 saturated heterocycles. The van der Waals surface area contributed by atoms with Crippen LogP contribution in [0.15, 0.2) is 18.2 Å². The molecule has 31 heavy (non-hydrogen) atoms. The van der Waals surface area contributed by atoms with E-state index in [1.807, 2.05) is 6.07 Å². The lowest BCUT2D eigenvalue weighted by Crippen LogP contribution is -2.44. The molecule has 0 aliphatic heterocycles. The topological polar surface area (TPSA) is 49.7 Å². The van der Waals surface area contributed by atoms with E-state index in [4.69, 9.17) is 4.43 Å². The molecule has 1 saturated carbocycles. The van der Waals surface area contributed by atoms with Crippen LogP contribution in [0.1, 0.15) is 83.8 Å². The van der Waals surface area contributed by atoms with Crippen molar-refractivity contribution in [2.24, 2.45) is 17.8 Å².